The van der Waals surface area contributed by atoms with Gasteiger partial charge < -0.3 is 23.8 Å². The van der Waals surface area contributed by atoms with Gasteiger partial charge in [0.25, 0.3) is 0 Å². The minimum atomic E-state index is -1.47. The SMILES string of the molecule is C#CCOc1cnc(/C(F)=C/c2cnc(F)c([C@@]3(C)N=C(N(COCC[Si](C)(C)C)C(=O)OC(C)(C)C)S[C@@]4(C(=O)N5CCOC[C@H]5C)C[C@H]43)c2)cn1. The first-order valence-electron chi connectivity index (χ1n) is 17.5. The van der Waals surface area contributed by atoms with Gasteiger partial charge in [0.05, 0.1) is 37.2 Å². The van der Waals surface area contributed by atoms with Crippen LogP contribution in [0, 0.1) is 24.2 Å². The van der Waals surface area contributed by atoms with E-state index in [1.165, 1.54) is 41.3 Å². The van der Waals surface area contributed by atoms with Crippen molar-refractivity contribution in [2.45, 2.75) is 88.7 Å². The maximum Gasteiger partial charge on any atom is 0.418 e. The number of amidine groups is 1. The first kappa shape index (κ1) is 40.3. The highest BCUT2D eigenvalue weighted by Crippen LogP contribution is 2.67. The quantitative estimate of drug-likeness (QED) is 0.0837. The van der Waals surface area contributed by atoms with Crippen molar-refractivity contribution in [2.24, 2.45) is 10.9 Å². The number of morpholine rings is 1. The Morgan fingerprint density at radius 2 is 1.98 bits per heavy atom. The van der Waals surface area contributed by atoms with E-state index in [-0.39, 0.29) is 53.2 Å². The van der Waals surface area contributed by atoms with E-state index in [4.69, 9.17) is 30.4 Å². The van der Waals surface area contributed by atoms with Crippen LogP contribution in [0.1, 0.15) is 57.9 Å². The summed E-state index contributed by atoms with van der Waals surface area (Å²) in [5.41, 5.74) is -2.08. The Morgan fingerprint density at radius 1 is 1.23 bits per heavy atom. The summed E-state index contributed by atoms with van der Waals surface area (Å²) < 4.78 is 53.1. The van der Waals surface area contributed by atoms with Crippen LogP contribution in [0.25, 0.3) is 11.9 Å². The summed E-state index contributed by atoms with van der Waals surface area (Å²) in [5, 5.41) is 0.159. The minimum Gasteiger partial charge on any atom is -0.463 e. The van der Waals surface area contributed by atoms with E-state index in [2.05, 4.69) is 40.5 Å². The molecule has 0 aromatic carbocycles. The summed E-state index contributed by atoms with van der Waals surface area (Å²) >= 11 is 1.18. The lowest BCUT2D eigenvalue weighted by molar-refractivity contribution is -0.139. The van der Waals surface area contributed by atoms with Crippen molar-refractivity contribution in [1.82, 2.24) is 24.8 Å². The van der Waals surface area contributed by atoms with Crippen molar-refractivity contribution < 1.29 is 37.3 Å². The largest absolute Gasteiger partial charge is 0.463 e. The monoisotopic (exact) mass is 770 g/mol. The van der Waals surface area contributed by atoms with Crippen LogP contribution in [0.2, 0.25) is 25.7 Å². The molecule has 0 N–H and O–H groups in total. The zero-order chi connectivity index (χ0) is 38.8. The maximum absolute atomic E-state index is 16.0. The summed E-state index contributed by atoms with van der Waals surface area (Å²) in [6, 6.07) is 2.13. The molecule has 1 aliphatic carbocycles. The lowest BCUT2D eigenvalue weighted by Gasteiger charge is -2.41. The molecule has 2 aromatic rings. The summed E-state index contributed by atoms with van der Waals surface area (Å²) in [6.45, 7) is 16.9. The van der Waals surface area contributed by atoms with E-state index in [1.54, 1.807) is 32.6 Å². The Balaban J connectivity index is 1.56. The normalized spacial score (nSPS) is 24.4. The number of hydrogen-bond acceptors (Lipinski definition) is 11. The van der Waals surface area contributed by atoms with E-state index in [0.717, 1.165) is 12.1 Å². The molecule has 4 atom stereocenters. The first-order valence-corrected chi connectivity index (χ1v) is 22.1. The lowest BCUT2D eigenvalue weighted by atomic mass is 9.86. The number of aliphatic imine (C=N–C) groups is 1. The Morgan fingerprint density at radius 3 is 2.62 bits per heavy atom. The molecule has 4 heterocycles. The van der Waals surface area contributed by atoms with Gasteiger partial charge in [0.2, 0.25) is 17.7 Å². The van der Waals surface area contributed by atoms with E-state index in [0.29, 0.717) is 32.8 Å². The average molecular weight is 771 g/mol. The van der Waals surface area contributed by atoms with Crippen LogP contribution in [0.3, 0.4) is 0 Å². The minimum absolute atomic E-state index is 0.0155. The number of hydrogen-bond donors (Lipinski definition) is 0. The zero-order valence-electron chi connectivity index (χ0n) is 31.6. The molecule has 2 amide bonds. The standard InChI is InChI=1S/C37H48F2N6O6SSi/c1-10-12-50-30-21-40-28(20-41-30)27(38)17-25-16-26(31(39)42-19-25)36(6)29-18-37(29,32(46)44-11-13-48-22-24(44)2)52-33(43-36)45(34(47)51-35(3,4)5)23-49-14-15-53(7,8)9/h1,16-17,19-21,24,29H,11-15,18,22-23H2,2-9H3/b27-17-/t24-,29+,36-,37+/m1/s1. The van der Waals surface area contributed by atoms with Crippen molar-refractivity contribution in [3.8, 4) is 18.2 Å². The highest BCUT2D eigenvalue weighted by Gasteiger charge is 2.72. The van der Waals surface area contributed by atoms with Crippen molar-refractivity contribution >= 4 is 48.9 Å². The van der Waals surface area contributed by atoms with E-state index in [1.807, 2.05) is 6.92 Å². The fraction of sp³-hybridized carbons (Fsp3) is 0.568. The molecule has 0 radical (unpaired) electrons. The molecule has 2 aromatic heterocycles. The number of amides is 2. The second kappa shape index (κ2) is 15.8. The lowest BCUT2D eigenvalue weighted by Crippen LogP contribution is -2.54. The van der Waals surface area contributed by atoms with Crippen molar-refractivity contribution in [1.29, 1.82) is 0 Å². The number of pyridine rings is 1. The first-order chi connectivity index (χ1) is 24.9. The van der Waals surface area contributed by atoms with Gasteiger partial charge in [0, 0.05) is 38.9 Å². The number of carbonyl (C=O) groups excluding carboxylic acids is 2. The second-order valence-electron chi connectivity index (χ2n) is 15.8. The van der Waals surface area contributed by atoms with Crippen LogP contribution < -0.4 is 4.74 Å². The Labute approximate surface area is 315 Å². The Kier molecular flexibility index (Phi) is 12.0. The third-order valence-corrected chi connectivity index (χ3v) is 12.3. The zero-order valence-corrected chi connectivity index (χ0v) is 33.4. The molecule has 2 aliphatic heterocycles. The molecular formula is C37H48F2N6O6SSi. The predicted molar refractivity (Wildman–Crippen MR) is 202 cm³/mol. The van der Waals surface area contributed by atoms with Crippen LogP contribution in [-0.4, -0.2) is 106 Å². The summed E-state index contributed by atoms with van der Waals surface area (Å²) in [7, 11) is -1.47. The number of halogens is 2. The highest BCUT2D eigenvalue weighted by molar-refractivity contribution is 8.16. The van der Waals surface area contributed by atoms with Gasteiger partial charge in [-0.2, -0.15) is 4.39 Å². The molecule has 16 heteroatoms. The van der Waals surface area contributed by atoms with Gasteiger partial charge in [-0.05, 0) is 64.8 Å². The molecular weight excluding hydrogens is 723 g/mol. The van der Waals surface area contributed by atoms with Crippen LogP contribution in [0.4, 0.5) is 13.6 Å². The smallest absolute Gasteiger partial charge is 0.418 e. The number of rotatable bonds is 11. The number of carbonyl (C=O) groups is 2. The molecule has 2 fully saturated rings. The van der Waals surface area contributed by atoms with Crippen molar-refractivity contribution in [2.75, 3.05) is 39.7 Å². The number of nitrogens with zero attached hydrogens (tertiary/aromatic N) is 6. The number of ether oxygens (including phenoxy) is 4. The van der Waals surface area contributed by atoms with Crippen LogP contribution in [0.15, 0.2) is 29.6 Å². The molecule has 0 spiro atoms. The third kappa shape index (κ3) is 9.43. The van der Waals surface area contributed by atoms with Crippen molar-refractivity contribution in [3.05, 3.63) is 47.4 Å². The third-order valence-electron chi connectivity index (χ3n) is 9.12. The molecule has 53 heavy (non-hydrogen) atoms. The number of terminal acetylenes is 1. The van der Waals surface area contributed by atoms with Gasteiger partial charge in [0.1, 0.15) is 22.8 Å². The summed E-state index contributed by atoms with van der Waals surface area (Å²) in [6.07, 6.45) is 9.64. The molecule has 1 saturated heterocycles. The number of thioether (sulfide) groups is 1. The number of fused-ring (bicyclic) bond motifs is 1. The van der Waals surface area contributed by atoms with Gasteiger partial charge in [-0.25, -0.2) is 29.0 Å². The average Bonchev–Trinajstić information content (AvgIpc) is 3.84. The second-order valence-corrected chi connectivity index (χ2v) is 22.7. The molecule has 1 saturated carbocycles. The molecule has 3 aliphatic rings. The fourth-order valence-corrected chi connectivity index (χ4v) is 8.55. The highest BCUT2D eigenvalue weighted by atomic mass is 32.2. The van der Waals surface area contributed by atoms with Crippen LogP contribution in [-0.2, 0) is 24.5 Å². The Bertz CT molecular complexity index is 1800. The van der Waals surface area contributed by atoms with Gasteiger partial charge in [0.15, 0.2) is 17.6 Å². The maximum atomic E-state index is 16.0. The molecule has 12 nitrogen and oxygen atoms in total. The van der Waals surface area contributed by atoms with E-state index < -0.39 is 47.7 Å². The summed E-state index contributed by atoms with van der Waals surface area (Å²) in [4.78, 5) is 48.6. The number of aromatic nitrogens is 3. The predicted octanol–water partition coefficient (Wildman–Crippen LogP) is 6.36. The van der Waals surface area contributed by atoms with Crippen LogP contribution in [0.5, 0.6) is 5.88 Å². The van der Waals surface area contributed by atoms with Crippen LogP contribution >= 0.6 is 11.8 Å². The van der Waals surface area contributed by atoms with Crippen molar-refractivity contribution in [3.63, 3.8) is 0 Å². The van der Waals surface area contributed by atoms with Gasteiger partial charge in [-0.15, -0.1) is 6.42 Å². The fourth-order valence-electron chi connectivity index (χ4n) is 6.17. The molecule has 0 bridgehead atoms. The molecule has 5 rings (SSSR count). The van der Waals surface area contributed by atoms with Gasteiger partial charge >= 0.3 is 6.09 Å². The summed E-state index contributed by atoms with van der Waals surface area (Å²) in [5.74, 6) is 0.239. The van der Waals surface area contributed by atoms with Gasteiger partial charge in [-0.3, -0.25) is 9.79 Å². The van der Waals surface area contributed by atoms with Gasteiger partial charge in [-0.1, -0.05) is 37.3 Å². The Hall–Kier alpha value is -3.91. The molecule has 0 unspecified atom stereocenters. The molecule has 286 valence electrons. The van der Waals surface area contributed by atoms with E-state index >= 15 is 8.78 Å². The van der Waals surface area contributed by atoms with E-state index in [9.17, 15) is 9.59 Å². The topological polar surface area (TPSA) is 129 Å².